The molecular weight excluding hydrogens is 439 g/mol. The van der Waals surface area contributed by atoms with Gasteiger partial charge in [-0.25, -0.2) is 4.39 Å². The number of halogens is 1. The van der Waals surface area contributed by atoms with Gasteiger partial charge in [0.2, 0.25) is 0 Å². The molecule has 0 spiro atoms. The van der Waals surface area contributed by atoms with Gasteiger partial charge in [-0.15, -0.1) is 0 Å². The van der Waals surface area contributed by atoms with Crippen LogP contribution in [-0.4, -0.2) is 61.6 Å². The Morgan fingerprint density at radius 3 is 2.74 bits per heavy atom. The van der Waals surface area contributed by atoms with Crippen LogP contribution in [0.25, 0.3) is 6.08 Å². The molecule has 7 nitrogen and oxygen atoms in total. The summed E-state index contributed by atoms with van der Waals surface area (Å²) in [6.07, 6.45) is 4.45. The van der Waals surface area contributed by atoms with Crippen molar-refractivity contribution in [1.29, 1.82) is 0 Å². The molecule has 34 heavy (non-hydrogen) atoms. The first kappa shape index (κ1) is 22.8. The van der Waals surface area contributed by atoms with Crippen molar-refractivity contribution in [2.45, 2.75) is 89.1 Å². The lowest BCUT2D eigenvalue weighted by Gasteiger charge is -2.63. The third-order valence-corrected chi connectivity index (χ3v) is 10.2. The first-order chi connectivity index (χ1) is 15.8. The molecule has 4 aliphatic carbocycles. The lowest BCUT2D eigenvalue weighted by atomic mass is 9.43. The SMILES string of the molecule is Cn1cc2c(n1)C=C1CC[C@H]3[C@@H]4C[C@H]5OC(C)(C)O[C@@]5(C(=O)CO)[C@@]4(C)C[C@H](O)[C@]3(F)[C@@]1(C)C2. The van der Waals surface area contributed by atoms with Gasteiger partial charge in [-0.3, -0.25) is 9.48 Å². The summed E-state index contributed by atoms with van der Waals surface area (Å²) >= 11 is 0. The highest BCUT2D eigenvalue weighted by atomic mass is 19.1. The summed E-state index contributed by atoms with van der Waals surface area (Å²) in [6.45, 7) is 6.75. The van der Waals surface area contributed by atoms with Gasteiger partial charge in [0.25, 0.3) is 0 Å². The highest BCUT2D eigenvalue weighted by Crippen LogP contribution is 2.72. The average Bonchev–Trinajstić information content (AvgIpc) is 3.32. The molecule has 6 rings (SSSR count). The van der Waals surface area contributed by atoms with Gasteiger partial charge in [-0.1, -0.05) is 19.4 Å². The van der Waals surface area contributed by atoms with Crippen molar-refractivity contribution in [3.8, 4) is 0 Å². The van der Waals surface area contributed by atoms with Crippen molar-refractivity contribution in [2.24, 2.45) is 29.7 Å². The number of rotatable bonds is 2. The number of fused-ring (bicyclic) bond motifs is 8. The van der Waals surface area contributed by atoms with E-state index in [9.17, 15) is 15.0 Å². The summed E-state index contributed by atoms with van der Waals surface area (Å²) in [5.74, 6) is -2.10. The van der Waals surface area contributed by atoms with Gasteiger partial charge in [0.05, 0.1) is 17.9 Å². The number of aryl methyl sites for hydroxylation is 1. The predicted molar refractivity (Wildman–Crippen MR) is 121 cm³/mol. The summed E-state index contributed by atoms with van der Waals surface area (Å²) in [5.41, 5.74) is -2.07. The van der Waals surface area contributed by atoms with E-state index in [1.165, 1.54) is 0 Å². The molecule has 8 atom stereocenters. The Bertz CT molecular complexity index is 1110. The zero-order valence-corrected chi connectivity index (χ0v) is 20.6. The van der Waals surface area contributed by atoms with Crippen LogP contribution >= 0.6 is 0 Å². The smallest absolute Gasteiger partial charge is 0.193 e. The van der Waals surface area contributed by atoms with E-state index >= 15 is 4.39 Å². The number of ether oxygens (including phenoxy) is 2. The summed E-state index contributed by atoms with van der Waals surface area (Å²) in [7, 11) is 1.87. The van der Waals surface area contributed by atoms with E-state index in [0.29, 0.717) is 19.3 Å². The van der Waals surface area contributed by atoms with Gasteiger partial charge in [0, 0.05) is 30.0 Å². The van der Waals surface area contributed by atoms with Gasteiger partial charge in [-0.2, -0.15) is 5.10 Å². The van der Waals surface area contributed by atoms with Crippen LogP contribution in [0.2, 0.25) is 0 Å². The maximum absolute atomic E-state index is 17.6. The molecule has 0 radical (unpaired) electrons. The van der Waals surface area contributed by atoms with Crippen molar-refractivity contribution in [3.63, 3.8) is 0 Å². The molecule has 1 aromatic rings. The van der Waals surface area contributed by atoms with E-state index in [4.69, 9.17) is 9.47 Å². The standard InChI is InChI=1S/C26H35FN2O5/c1-22(2)33-21-9-17-16-7-6-15-8-18-14(12-29(5)28-18)10-23(15,3)25(16,27)19(31)11-24(17,4)26(21,34-22)20(32)13-30/h8,12,16-17,19,21,30-31H,6-7,9-11,13H2,1-5H3/t16-,17-,19-,21+,23-,24-,25-,26+/m0/s1. The van der Waals surface area contributed by atoms with Crippen LogP contribution in [-0.2, 0) is 27.7 Å². The van der Waals surface area contributed by atoms with Crippen LogP contribution in [0.5, 0.6) is 0 Å². The number of hydrogen-bond acceptors (Lipinski definition) is 6. The van der Waals surface area contributed by atoms with E-state index in [1.807, 2.05) is 33.2 Å². The number of hydrogen-bond donors (Lipinski definition) is 2. The van der Waals surface area contributed by atoms with Gasteiger partial charge in [0.15, 0.2) is 17.2 Å². The second-order valence-corrected chi connectivity index (χ2v) is 12.2. The predicted octanol–water partition coefficient (Wildman–Crippen LogP) is 2.73. The number of nitrogens with zero attached hydrogens (tertiary/aromatic N) is 2. The maximum Gasteiger partial charge on any atom is 0.193 e. The van der Waals surface area contributed by atoms with Gasteiger partial charge >= 0.3 is 0 Å². The zero-order chi connectivity index (χ0) is 24.5. The number of aliphatic hydroxyl groups excluding tert-OH is 2. The molecule has 8 heteroatoms. The maximum atomic E-state index is 17.6. The van der Waals surface area contributed by atoms with Crippen molar-refractivity contribution in [3.05, 3.63) is 23.0 Å². The molecule has 4 fully saturated rings. The number of aliphatic hydroxyl groups is 2. The van der Waals surface area contributed by atoms with Crippen molar-refractivity contribution < 1.29 is 28.9 Å². The van der Waals surface area contributed by atoms with E-state index in [0.717, 1.165) is 23.3 Å². The lowest BCUT2D eigenvalue weighted by Crippen LogP contribution is -2.70. The van der Waals surface area contributed by atoms with E-state index in [-0.39, 0.29) is 12.3 Å². The van der Waals surface area contributed by atoms with Crippen LogP contribution in [0.3, 0.4) is 0 Å². The Kier molecular flexibility index (Phi) is 4.42. The summed E-state index contributed by atoms with van der Waals surface area (Å²) < 4.78 is 31.9. The topological polar surface area (TPSA) is 93.8 Å². The normalized spacial score (nSPS) is 48.3. The minimum Gasteiger partial charge on any atom is -0.390 e. The van der Waals surface area contributed by atoms with Gasteiger partial charge in [-0.05, 0) is 63.5 Å². The fourth-order valence-corrected chi connectivity index (χ4v) is 8.90. The highest BCUT2D eigenvalue weighted by molar-refractivity contribution is 5.91. The fourth-order valence-electron chi connectivity index (χ4n) is 8.90. The highest BCUT2D eigenvalue weighted by Gasteiger charge is 2.80. The second-order valence-electron chi connectivity index (χ2n) is 12.2. The number of alkyl halides is 1. The van der Waals surface area contributed by atoms with Crippen LogP contribution in [0.1, 0.15) is 64.6 Å². The quantitative estimate of drug-likeness (QED) is 0.685. The molecule has 2 heterocycles. The summed E-state index contributed by atoms with van der Waals surface area (Å²) in [5, 5.41) is 26.1. The minimum atomic E-state index is -1.85. The Balaban J connectivity index is 1.46. The molecule has 0 unspecified atom stereocenters. The average molecular weight is 475 g/mol. The number of ketones is 1. The third kappa shape index (κ3) is 2.41. The molecular formula is C26H35FN2O5. The molecule has 5 aliphatic rings. The van der Waals surface area contributed by atoms with Crippen molar-refractivity contribution in [2.75, 3.05) is 6.61 Å². The number of carbonyl (C=O) groups excluding carboxylic acids is 1. The summed E-state index contributed by atoms with van der Waals surface area (Å²) in [6, 6.07) is 0. The first-order valence-electron chi connectivity index (χ1n) is 12.4. The van der Waals surface area contributed by atoms with Gasteiger partial charge < -0.3 is 19.7 Å². The van der Waals surface area contributed by atoms with Gasteiger partial charge in [0.1, 0.15) is 12.3 Å². The van der Waals surface area contributed by atoms with Crippen LogP contribution < -0.4 is 0 Å². The van der Waals surface area contributed by atoms with Crippen LogP contribution in [0, 0.1) is 22.7 Å². The lowest BCUT2D eigenvalue weighted by molar-refractivity contribution is -0.250. The van der Waals surface area contributed by atoms with Crippen LogP contribution in [0.4, 0.5) is 4.39 Å². The van der Waals surface area contributed by atoms with Crippen molar-refractivity contribution >= 4 is 11.9 Å². The fraction of sp³-hybridized carbons (Fsp3) is 0.769. The molecule has 1 aromatic heterocycles. The number of aromatic nitrogens is 2. The molecule has 0 aromatic carbocycles. The van der Waals surface area contributed by atoms with E-state index in [1.54, 1.807) is 18.5 Å². The van der Waals surface area contributed by atoms with E-state index in [2.05, 4.69) is 5.10 Å². The molecule has 2 N–H and O–H groups in total. The second kappa shape index (κ2) is 6.58. The first-order valence-corrected chi connectivity index (χ1v) is 12.4. The largest absolute Gasteiger partial charge is 0.390 e. The Morgan fingerprint density at radius 1 is 1.29 bits per heavy atom. The molecule has 3 saturated carbocycles. The Hall–Kier alpha value is -1.61. The number of Topliss-reactive ketones (excluding diaryl/α,β-unsaturated/α-hetero) is 1. The van der Waals surface area contributed by atoms with E-state index < -0.39 is 58.4 Å². The number of carbonyl (C=O) groups is 1. The van der Waals surface area contributed by atoms with Crippen molar-refractivity contribution in [1.82, 2.24) is 9.78 Å². The molecule has 186 valence electrons. The molecule has 0 bridgehead atoms. The monoisotopic (exact) mass is 474 g/mol. The third-order valence-electron chi connectivity index (χ3n) is 10.2. The molecule has 1 aliphatic heterocycles. The zero-order valence-electron chi connectivity index (χ0n) is 20.6. The van der Waals surface area contributed by atoms with Crippen LogP contribution in [0.15, 0.2) is 11.8 Å². The number of allylic oxidation sites excluding steroid dienone is 1. The Morgan fingerprint density at radius 2 is 2.03 bits per heavy atom. The molecule has 0 amide bonds. The summed E-state index contributed by atoms with van der Waals surface area (Å²) in [4.78, 5) is 13.3. The minimum absolute atomic E-state index is 0.0785. The Labute approximate surface area is 199 Å². The molecule has 1 saturated heterocycles.